The molecular formula is C21H18F2N2O3. The summed E-state index contributed by atoms with van der Waals surface area (Å²) in [5, 5.41) is 5.74. The van der Waals surface area contributed by atoms with Gasteiger partial charge in [0, 0.05) is 23.1 Å². The molecule has 0 fully saturated rings. The van der Waals surface area contributed by atoms with Crippen LogP contribution in [0.1, 0.15) is 10.4 Å². The van der Waals surface area contributed by atoms with Crippen molar-refractivity contribution in [3.8, 4) is 11.5 Å². The minimum absolute atomic E-state index is 0.288. The summed E-state index contributed by atoms with van der Waals surface area (Å²) in [6.45, 7) is 0. The highest BCUT2D eigenvalue weighted by molar-refractivity contribution is 6.08. The molecule has 3 rings (SSSR count). The van der Waals surface area contributed by atoms with E-state index in [4.69, 9.17) is 9.47 Å². The smallest absolute Gasteiger partial charge is 0.263 e. The van der Waals surface area contributed by atoms with Gasteiger partial charge in [-0.15, -0.1) is 0 Å². The Hall–Kier alpha value is -3.61. The van der Waals surface area contributed by atoms with Crippen LogP contribution in [0.25, 0.3) is 0 Å². The van der Waals surface area contributed by atoms with Crippen molar-refractivity contribution in [1.82, 2.24) is 0 Å². The monoisotopic (exact) mass is 384 g/mol. The summed E-state index contributed by atoms with van der Waals surface area (Å²) >= 11 is 0. The molecule has 3 aromatic rings. The van der Waals surface area contributed by atoms with Crippen molar-refractivity contribution in [2.45, 2.75) is 0 Å². The first kappa shape index (κ1) is 19.2. The van der Waals surface area contributed by atoms with E-state index in [-0.39, 0.29) is 11.5 Å². The van der Waals surface area contributed by atoms with Crippen molar-refractivity contribution in [2.75, 3.05) is 24.9 Å². The summed E-state index contributed by atoms with van der Waals surface area (Å²) in [6, 6.07) is 15.4. The summed E-state index contributed by atoms with van der Waals surface area (Å²) in [5.41, 5.74) is 1.90. The minimum Gasteiger partial charge on any atom is -0.496 e. The number of carbonyl (C=O) groups is 1. The van der Waals surface area contributed by atoms with E-state index < -0.39 is 11.6 Å². The lowest BCUT2D eigenvalue weighted by atomic mass is 10.1. The van der Waals surface area contributed by atoms with Gasteiger partial charge in [0.2, 0.25) is 0 Å². The Balaban J connectivity index is 1.74. The van der Waals surface area contributed by atoms with Gasteiger partial charge in [-0.2, -0.15) is 0 Å². The maximum atomic E-state index is 13.3. The molecule has 0 spiro atoms. The van der Waals surface area contributed by atoms with Crippen LogP contribution in [-0.2, 0) is 0 Å². The molecule has 144 valence electrons. The second-order valence-electron chi connectivity index (χ2n) is 5.82. The highest BCUT2D eigenvalue weighted by Crippen LogP contribution is 2.29. The van der Waals surface area contributed by atoms with E-state index in [1.54, 1.807) is 42.5 Å². The molecule has 28 heavy (non-hydrogen) atoms. The van der Waals surface area contributed by atoms with Crippen LogP contribution in [0.4, 0.5) is 25.8 Å². The first-order valence-electron chi connectivity index (χ1n) is 8.36. The number of hydrogen-bond acceptors (Lipinski definition) is 4. The third kappa shape index (κ3) is 4.20. The number of nitrogens with one attached hydrogen (secondary N) is 2. The van der Waals surface area contributed by atoms with Crippen LogP contribution < -0.4 is 20.1 Å². The Labute approximate surface area is 160 Å². The number of ether oxygens (including phenoxy) is 2. The van der Waals surface area contributed by atoms with E-state index in [1.165, 1.54) is 20.3 Å². The topological polar surface area (TPSA) is 59.6 Å². The molecule has 0 radical (unpaired) electrons. The fourth-order valence-corrected chi connectivity index (χ4v) is 2.65. The second kappa shape index (κ2) is 8.39. The van der Waals surface area contributed by atoms with E-state index in [0.717, 1.165) is 12.1 Å². The van der Waals surface area contributed by atoms with E-state index >= 15 is 0 Å². The van der Waals surface area contributed by atoms with E-state index in [0.29, 0.717) is 28.6 Å². The van der Waals surface area contributed by atoms with Gasteiger partial charge >= 0.3 is 0 Å². The van der Waals surface area contributed by atoms with Crippen molar-refractivity contribution in [3.63, 3.8) is 0 Å². The Morgan fingerprint density at radius 3 is 1.93 bits per heavy atom. The highest BCUT2D eigenvalue weighted by atomic mass is 19.2. The molecule has 0 heterocycles. The summed E-state index contributed by atoms with van der Waals surface area (Å²) in [7, 11) is 2.95. The number of carbonyl (C=O) groups excluding carboxylic acids is 1. The van der Waals surface area contributed by atoms with Gasteiger partial charge < -0.3 is 20.1 Å². The maximum absolute atomic E-state index is 13.3. The third-order valence-corrected chi connectivity index (χ3v) is 4.01. The molecule has 7 heteroatoms. The molecule has 0 aromatic heterocycles. The van der Waals surface area contributed by atoms with Crippen LogP contribution in [0, 0.1) is 11.6 Å². The largest absolute Gasteiger partial charge is 0.496 e. The molecule has 0 atom stereocenters. The Bertz CT molecular complexity index is 969. The van der Waals surface area contributed by atoms with Gasteiger partial charge in [-0.1, -0.05) is 6.07 Å². The van der Waals surface area contributed by atoms with E-state index in [2.05, 4.69) is 10.6 Å². The molecule has 0 aliphatic carbocycles. The van der Waals surface area contributed by atoms with Gasteiger partial charge in [-0.3, -0.25) is 4.79 Å². The molecule has 0 saturated heterocycles. The molecule has 3 aromatic carbocycles. The average Bonchev–Trinajstić information content (AvgIpc) is 2.71. The lowest BCUT2D eigenvalue weighted by Gasteiger charge is -2.13. The highest BCUT2D eigenvalue weighted by Gasteiger charge is 2.18. The van der Waals surface area contributed by atoms with E-state index in [9.17, 15) is 13.6 Å². The Morgan fingerprint density at radius 2 is 1.36 bits per heavy atom. The molecule has 0 aliphatic heterocycles. The number of methoxy groups -OCH3 is 2. The molecule has 1 amide bonds. The number of benzene rings is 3. The molecular weight excluding hydrogens is 366 g/mol. The van der Waals surface area contributed by atoms with Crippen LogP contribution in [0.5, 0.6) is 11.5 Å². The number of rotatable bonds is 6. The van der Waals surface area contributed by atoms with Crippen molar-refractivity contribution in [2.24, 2.45) is 0 Å². The summed E-state index contributed by atoms with van der Waals surface area (Å²) in [6.07, 6.45) is 0. The predicted octanol–water partition coefficient (Wildman–Crippen LogP) is 4.98. The first-order chi connectivity index (χ1) is 13.5. The van der Waals surface area contributed by atoms with Crippen molar-refractivity contribution < 1.29 is 23.0 Å². The van der Waals surface area contributed by atoms with Crippen LogP contribution in [0.2, 0.25) is 0 Å². The summed E-state index contributed by atoms with van der Waals surface area (Å²) in [4.78, 5) is 12.7. The first-order valence-corrected chi connectivity index (χ1v) is 8.36. The molecule has 0 unspecified atom stereocenters. The fraction of sp³-hybridized carbons (Fsp3) is 0.0952. The van der Waals surface area contributed by atoms with Crippen molar-refractivity contribution in [1.29, 1.82) is 0 Å². The maximum Gasteiger partial charge on any atom is 0.263 e. The zero-order valence-electron chi connectivity index (χ0n) is 15.3. The van der Waals surface area contributed by atoms with Gasteiger partial charge in [0.15, 0.2) is 11.6 Å². The van der Waals surface area contributed by atoms with Crippen molar-refractivity contribution >= 4 is 23.0 Å². The standard InChI is InChI=1S/C21H18F2N2O3/c1-27-18-4-3-5-19(28-2)20(18)21(26)25-14-8-6-13(7-9-14)24-15-10-11-16(22)17(23)12-15/h3-12,24H,1-2H3,(H,25,26). The second-order valence-corrected chi connectivity index (χ2v) is 5.82. The van der Waals surface area contributed by atoms with Crippen molar-refractivity contribution in [3.05, 3.63) is 77.9 Å². The molecule has 0 aliphatic rings. The minimum atomic E-state index is -0.931. The zero-order chi connectivity index (χ0) is 20.1. The van der Waals surface area contributed by atoms with Gasteiger partial charge in [0.1, 0.15) is 17.1 Å². The van der Waals surface area contributed by atoms with Crippen LogP contribution >= 0.6 is 0 Å². The Morgan fingerprint density at radius 1 is 0.786 bits per heavy atom. The molecule has 0 bridgehead atoms. The Kier molecular flexibility index (Phi) is 5.74. The van der Waals surface area contributed by atoms with Gasteiger partial charge in [-0.05, 0) is 48.5 Å². The number of halogens is 2. The predicted molar refractivity (Wildman–Crippen MR) is 104 cm³/mol. The fourth-order valence-electron chi connectivity index (χ4n) is 2.65. The zero-order valence-corrected chi connectivity index (χ0v) is 15.3. The molecule has 2 N–H and O–H groups in total. The van der Waals surface area contributed by atoms with Crippen LogP contribution in [0.15, 0.2) is 60.7 Å². The van der Waals surface area contributed by atoms with Crippen LogP contribution in [0.3, 0.4) is 0 Å². The van der Waals surface area contributed by atoms with Crippen LogP contribution in [-0.4, -0.2) is 20.1 Å². The SMILES string of the molecule is COc1cccc(OC)c1C(=O)Nc1ccc(Nc2ccc(F)c(F)c2)cc1. The third-order valence-electron chi connectivity index (χ3n) is 4.01. The summed E-state index contributed by atoms with van der Waals surface area (Å²) in [5.74, 6) is -1.42. The lowest BCUT2D eigenvalue weighted by Crippen LogP contribution is -2.14. The quantitative estimate of drug-likeness (QED) is 0.629. The number of hydrogen-bond donors (Lipinski definition) is 2. The number of amides is 1. The van der Waals surface area contributed by atoms with E-state index in [1.807, 2.05) is 0 Å². The number of anilines is 3. The van der Waals surface area contributed by atoms with Gasteiger partial charge in [-0.25, -0.2) is 8.78 Å². The molecule has 5 nitrogen and oxygen atoms in total. The summed E-state index contributed by atoms with van der Waals surface area (Å²) < 4.78 is 36.8. The molecule has 0 saturated carbocycles. The lowest BCUT2D eigenvalue weighted by molar-refractivity contribution is 0.102. The normalized spacial score (nSPS) is 10.3. The average molecular weight is 384 g/mol. The van der Waals surface area contributed by atoms with Gasteiger partial charge in [0.05, 0.1) is 14.2 Å². The van der Waals surface area contributed by atoms with Gasteiger partial charge in [0.25, 0.3) is 5.91 Å².